The smallest absolute Gasteiger partial charge is 0.343 e. The molecule has 0 spiro atoms. The Labute approximate surface area is 146 Å². The molecular weight excluding hydrogens is 320 g/mol. The highest BCUT2D eigenvalue weighted by Crippen LogP contribution is 2.39. The first-order valence-corrected chi connectivity index (χ1v) is 8.75. The van der Waals surface area contributed by atoms with Gasteiger partial charge in [0.25, 0.3) is 0 Å². The summed E-state index contributed by atoms with van der Waals surface area (Å²) < 4.78 is 22.3. The van der Waals surface area contributed by atoms with Crippen molar-refractivity contribution < 1.29 is 18.6 Å². The lowest BCUT2D eigenvalue weighted by atomic mass is 9.81. The summed E-state index contributed by atoms with van der Waals surface area (Å²) in [4.78, 5) is 12.5. The lowest BCUT2D eigenvalue weighted by Crippen LogP contribution is -2.37. The summed E-state index contributed by atoms with van der Waals surface area (Å²) in [6.45, 7) is 0. The quantitative estimate of drug-likeness (QED) is 0.849. The molecule has 132 valence electrons. The van der Waals surface area contributed by atoms with Crippen molar-refractivity contribution in [2.24, 2.45) is 5.92 Å². The van der Waals surface area contributed by atoms with Crippen LogP contribution in [0.2, 0.25) is 0 Å². The van der Waals surface area contributed by atoms with Crippen molar-refractivity contribution >= 4 is 0 Å². The first-order valence-electron chi connectivity index (χ1n) is 8.75. The van der Waals surface area contributed by atoms with Crippen molar-refractivity contribution in [3.05, 3.63) is 40.2 Å². The molecule has 2 heterocycles. The number of methoxy groups -OCH3 is 2. The summed E-state index contributed by atoms with van der Waals surface area (Å²) >= 11 is 0. The maximum Gasteiger partial charge on any atom is 0.343 e. The van der Waals surface area contributed by atoms with E-state index in [1.54, 1.807) is 26.4 Å². The predicted octanol–water partition coefficient (Wildman–Crippen LogP) is 3.82. The Morgan fingerprint density at radius 1 is 1.04 bits per heavy atom. The van der Waals surface area contributed by atoms with E-state index < -0.39 is 0 Å². The molecule has 1 saturated carbocycles. The summed E-state index contributed by atoms with van der Waals surface area (Å²) in [5, 5.41) is 0. The van der Waals surface area contributed by atoms with E-state index in [1.165, 1.54) is 12.8 Å². The van der Waals surface area contributed by atoms with E-state index in [4.69, 9.17) is 18.6 Å². The zero-order valence-corrected chi connectivity index (χ0v) is 14.5. The molecule has 1 fully saturated rings. The van der Waals surface area contributed by atoms with Gasteiger partial charge in [0.05, 0.1) is 19.8 Å². The zero-order valence-electron chi connectivity index (χ0n) is 14.5. The summed E-state index contributed by atoms with van der Waals surface area (Å²) in [5.74, 6) is 2.82. The molecule has 25 heavy (non-hydrogen) atoms. The predicted molar refractivity (Wildman–Crippen MR) is 93.6 cm³/mol. The molecule has 5 heteroatoms. The molecule has 0 N–H and O–H groups in total. The van der Waals surface area contributed by atoms with Gasteiger partial charge in [-0.2, -0.15) is 0 Å². The number of fused-ring (bicyclic) bond motifs is 2. The van der Waals surface area contributed by atoms with Gasteiger partial charge in [0.2, 0.25) is 0 Å². The van der Waals surface area contributed by atoms with E-state index in [9.17, 15) is 4.79 Å². The monoisotopic (exact) mass is 342 g/mol. The van der Waals surface area contributed by atoms with Gasteiger partial charge in [-0.15, -0.1) is 0 Å². The number of rotatable bonds is 3. The van der Waals surface area contributed by atoms with Crippen LogP contribution in [0.15, 0.2) is 33.5 Å². The summed E-state index contributed by atoms with van der Waals surface area (Å²) in [6.07, 6.45) is 5.59. The fourth-order valence-electron chi connectivity index (χ4n) is 3.91. The number of hydrogen-bond acceptors (Lipinski definition) is 5. The topological polar surface area (TPSA) is 57.9 Å². The van der Waals surface area contributed by atoms with E-state index in [-0.39, 0.29) is 11.7 Å². The summed E-state index contributed by atoms with van der Waals surface area (Å²) in [5.41, 5.74) is 1.13. The van der Waals surface area contributed by atoms with Crippen LogP contribution < -0.4 is 19.8 Å². The standard InChI is InChI=1S/C20H22O5/c1-22-16-8-7-13(10-19(16)23-2)17-11-18-14(20(21)25-17)9-12-5-3-4-6-15(12)24-18/h7-8,10-12,15H,3-6,9H2,1-2H3. The normalized spacial score (nSPS) is 21.7. The van der Waals surface area contributed by atoms with Gasteiger partial charge in [0, 0.05) is 17.5 Å². The SMILES string of the molecule is COc1ccc(-c2cc3c(c(=O)o2)CC2CCCCC2O3)cc1OC. The van der Waals surface area contributed by atoms with Gasteiger partial charge in [-0.05, 0) is 43.9 Å². The van der Waals surface area contributed by atoms with Gasteiger partial charge in [-0.3, -0.25) is 0 Å². The Bertz CT molecular complexity index is 838. The highest BCUT2D eigenvalue weighted by molar-refractivity contribution is 5.64. The number of hydrogen-bond donors (Lipinski definition) is 0. The van der Waals surface area contributed by atoms with Gasteiger partial charge >= 0.3 is 5.63 Å². The molecule has 2 aromatic rings. The zero-order chi connectivity index (χ0) is 17.4. The Balaban J connectivity index is 1.73. The summed E-state index contributed by atoms with van der Waals surface area (Å²) in [7, 11) is 3.17. The van der Waals surface area contributed by atoms with Gasteiger partial charge in [-0.25, -0.2) is 4.79 Å². The molecule has 1 aliphatic carbocycles. The maximum absolute atomic E-state index is 12.5. The third-order valence-corrected chi connectivity index (χ3v) is 5.26. The average molecular weight is 342 g/mol. The molecule has 1 aromatic heterocycles. The van der Waals surface area contributed by atoms with E-state index in [0.29, 0.717) is 34.5 Å². The summed E-state index contributed by atoms with van der Waals surface area (Å²) in [6, 6.07) is 7.28. The van der Waals surface area contributed by atoms with Crippen LogP contribution in [0.5, 0.6) is 17.2 Å². The second-order valence-corrected chi connectivity index (χ2v) is 6.72. The average Bonchev–Trinajstić information content (AvgIpc) is 2.66. The molecule has 1 aromatic carbocycles. The highest BCUT2D eigenvalue weighted by atomic mass is 16.5. The number of ether oxygens (including phenoxy) is 3. The van der Waals surface area contributed by atoms with Crippen molar-refractivity contribution in [3.8, 4) is 28.6 Å². The van der Waals surface area contributed by atoms with E-state index >= 15 is 0 Å². The van der Waals surface area contributed by atoms with Gasteiger partial charge in [0.15, 0.2) is 11.5 Å². The van der Waals surface area contributed by atoms with Crippen LogP contribution in [-0.2, 0) is 6.42 Å². The largest absolute Gasteiger partial charge is 0.493 e. The minimum atomic E-state index is -0.300. The van der Waals surface area contributed by atoms with E-state index in [2.05, 4.69) is 0 Å². The van der Waals surface area contributed by atoms with Crippen molar-refractivity contribution in [1.29, 1.82) is 0 Å². The molecular formula is C20H22O5. The molecule has 5 nitrogen and oxygen atoms in total. The minimum absolute atomic E-state index is 0.223. The lowest BCUT2D eigenvalue weighted by molar-refractivity contribution is 0.0731. The first-order chi connectivity index (χ1) is 12.2. The third-order valence-electron chi connectivity index (χ3n) is 5.26. The number of benzene rings is 1. The van der Waals surface area contributed by atoms with Gasteiger partial charge in [0.1, 0.15) is 17.6 Å². The van der Waals surface area contributed by atoms with Crippen LogP contribution in [-0.4, -0.2) is 20.3 Å². The van der Waals surface area contributed by atoms with Crippen molar-refractivity contribution in [1.82, 2.24) is 0 Å². The maximum atomic E-state index is 12.5. The molecule has 2 unspecified atom stereocenters. The van der Waals surface area contributed by atoms with Crippen molar-refractivity contribution in [3.63, 3.8) is 0 Å². The van der Waals surface area contributed by atoms with E-state index in [0.717, 1.165) is 24.8 Å². The molecule has 0 amide bonds. The minimum Gasteiger partial charge on any atom is -0.493 e. The molecule has 0 saturated heterocycles. The molecule has 0 bridgehead atoms. The molecule has 4 rings (SSSR count). The Morgan fingerprint density at radius 2 is 1.84 bits per heavy atom. The molecule has 2 atom stereocenters. The lowest BCUT2D eigenvalue weighted by Gasteiger charge is -2.36. The van der Waals surface area contributed by atoms with Crippen molar-refractivity contribution in [2.45, 2.75) is 38.2 Å². The van der Waals surface area contributed by atoms with Crippen LogP contribution in [0.1, 0.15) is 31.2 Å². The van der Waals surface area contributed by atoms with Crippen LogP contribution in [0.4, 0.5) is 0 Å². The van der Waals surface area contributed by atoms with Crippen LogP contribution >= 0.6 is 0 Å². The Kier molecular flexibility index (Phi) is 4.15. The van der Waals surface area contributed by atoms with Crippen LogP contribution in [0, 0.1) is 5.92 Å². The van der Waals surface area contributed by atoms with Gasteiger partial charge in [-0.1, -0.05) is 6.42 Å². The fraction of sp³-hybridized carbons (Fsp3) is 0.450. The third kappa shape index (κ3) is 2.88. The fourth-order valence-corrected chi connectivity index (χ4v) is 3.91. The second-order valence-electron chi connectivity index (χ2n) is 6.72. The Hall–Kier alpha value is -2.43. The van der Waals surface area contributed by atoms with Crippen molar-refractivity contribution in [2.75, 3.05) is 14.2 Å². The van der Waals surface area contributed by atoms with Gasteiger partial charge < -0.3 is 18.6 Å². The second kappa shape index (κ2) is 6.47. The first kappa shape index (κ1) is 16.1. The molecule has 1 aliphatic heterocycles. The highest BCUT2D eigenvalue weighted by Gasteiger charge is 2.34. The van der Waals surface area contributed by atoms with Crippen LogP contribution in [0.3, 0.4) is 0 Å². The molecule has 0 radical (unpaired) electrons. The Morgan fingerprint density at radius 3 is 2.64 bits per heavy atom. The molecule has 2 aliphatic rings. The van der Waals surface area contributed by atoms with E-state index in [1.807, 2.05) is 12.1 Å². The van der Waals surface area contributed by atoms with Crippen LogP contribution in [0.25, 0.3) is 11.3 Å².